The fraction of sp³-hybridized carbons (Fsp3) is 0.381. The lowest BCUT2D eigenvalue weighted by Crippen LogP contribution is -2.03. The first-order chi connectivity index (χ1) is 12.4. The molecule has 3 aromatic rings. The van der Waals surface area contributed by atoms with E-state index in [-0.39, 0.29) is 5.60 Å². The Bertz CT molecular complexity index is 1040. The van der Waals surface area contributed by atoms with Gasteiger partial charge in [0.05, 0.1) is 29.4 Å². The van der Waals surface area contributed by atoms with Crippen molar-refractivity contribution in [3.63, 3.8) is 0 Å². The van der Waals surface area contributed by atoms with Crippen LogP contribution in [0, 0.1) is 0 Å². The van der Waals surface area contributed by atoms with E-state index in [1.807, 2.05) is 18.2 Å². The lowest BCUT2D eigenvalue weighted by atomic mass is 10.0. The lowest BCUT2D eigenvalue weighted by Gasteiger charge is -2.07. The maximum absolute atomic E-state index is 11.8. The second-order valence-electron chi connectivity index (χ2n) is 7.35. The Morgan fingerprint density at radius 2 is 2.08 bits per heavy atom. The van der Waals surface area contributed by atoms with Gasteiger partial charge in [0, 0.05) is 11.5 Å². The molecule has 3 heterocycles. The van der Waals surface area contributed by atoms with Crippen LogP contribution in [0.3, 0.4) is 0 Å². The predicted octanol–water partition coefficient (Wildman–Crippen LogP) is 4.82. The Morgan fingerprint density at radius 1 is 1.27 bits per heavy atom. The standard InChI is InChI=1S/C21H22O5/c1-13(4-5-19-21(2,3)26-19)6-8-24-17-12-20(22)25-18-11-16-14(7-9-23-16)10-15(17)18/h6-7,9-12,19H,4-5,8H2,1-3H3. The summed E-state index contributed by atoms with van der Waals surface area (Å²) in [6.07, 6.45) is 6.01. The van der Waals surface area contributed by atoms with Crippen LogP contribution in [0.4, 0.5) is 0 Å². The van der Waals surface area contributed by atoms with Crippen LogP contribution in [0.25, 0.3) is 21.9 Å². The number of fused-ring (bicyclic) bond motifs is 2. The number of rotatable bonds is 6. The first-order valence-electron chi connectivity index (χ1n) is 8.84. The highest BCUT2D eigenvalue weighted by Gasteiger charge is 2.46. The summed E-state index contributed by atoms with van der Waals surface area (Å²) in [5.74, 6) is 0.523. The SMILES string of the molecule is CC(=CCOc1cc(=O)oc2cc3occc3cc12)CCC1OC1(C)C. The van der Waals surface area contributed by atoms with Gasteiger partial charge in [-0.15, -0.1) is 0 Å². The first kappa shape index (κ1) is 16.9. The predicted molar refractivity (Wildman–Crippen MR) is 99.7 cm³/mol. The molecular formula is C21H22O5. The van der Waals surface area contributed by atoms with Gasteiger partial charge in [-0.2, -0.15) is 0 Å². The largest absolute Gasteiger partial charge is 0.488 e. The van der Waals surface area contributed by atoms with Crippen molar-refractivity contribution in [1.82, 2.24) is 0 Å². The Morgan fingerprint density at radius 3 is 2.85 bits per heavy atom. The molecule has 0 bridgehead atoms. The molecule has 1 saturated heterocycles. The molecule has 5 heteroatoms. The average Bonchev–Trinajstić information content (AvgIpc) is 2.98. The topological polar surface area (TPSA) is 65.1 Å². The van der Waals surface area contributed by atoms with Gasteiger partial charge in [-0.3, -0.25) is 0 Å². The molecule has 0 aliphatic carbocycles. The number of ether oxygens (including phenoxy) is 2. The normalized spacial score (nSPS) is 19.2. The van der Waals surface area contributed by atoms with Crippen molar-refractivity contribution in [3.8, 4) is 5.75 Å². The van der Waals surface area contributed by atoms with Crippen LogP contribution in [0.1, 0.15) is 33.6 Å². The van der Waals surface area contributed by atoms with Crippen LogP contribution in [-0.4, -0.2) is 18.3 Å². The lowest BCUT2D eigenvalue weighted by molar-refractivity contribution is 0.320. The number of allylic oxidation sites excluding steroid dienone is 1. The zero-order chi connectivity index (χ0) is 18.3. The minimum Gasteiger partial charge on any atom is -0.488 e. The zero-order valence-corrected chi connectivity index (χ0v) is 15.2. The zero-order valence-electron chi connectivity index (χ0n) is 15.2. The highest BCUT2D eigenvalue weighted by molar-refractivity contribution is 5.95. The van der Waals surface area contributed by atoms with Gasteiger partial charge < -0.3 is 18.3 Å². The van der Waals surface area contributed by atoms with E-state index in [2.05, 4.69) is 20.8 Å². The quantitative estimate of drug-likeness (QED) is 0.361. The van der Waals surface area contributed by atoms with Crippen molar-refractivity contribution in [2.24, 2.45) is 0 Å². The Kier molecular flexibility index (Phi) is 4.11. The molecule has 4 rings (SSSR count). The first-order valence-corrected chi connectivity index (χ1v) is 8.84. The van der Waals surface area contributed by atoms with E-state index in [9.17, 15) is 4.79 Å². The van der Waals surface area contributed by atoms with Gasteiger partial charge in [0.15, 0.2) is 0 Å². The van der Waals surface area contributed by atoms with E-state index < -0.39 is 5.63 Å². The molecule has 0 N–H and O–H groups in total. The van der Waals surface area contributed by atoms with Crippen LogP contribution >= 0.6 is 0 Å². The number of furan rings is 1. The van der Waals surface area contributed by atoms with Crippen LogP contribution < -0.4 is 10.4 Å². The molecule has 1 aliphatic heterocycles. The maximum atomic E-state index is 11.8. The van der Waals surface area contributed by atoms with E-state index in [0.717, 1.165) is 23.6 Å². The van der Waals surface area contributed by atoms with E-state index in [4.69, 9.17) is 18.3 Å². The fourth-order valence-electron chi connectivity index (χ4n) is 3.18. The van der Waals surface area contributed by atoms with Gasteiger partial charge >= 0.3 is 5.63 Å². The van der Waals surface area contributed by atoms with E-state index in [1.54, 1.807) is 12.3 Å². The highest BCUT2D eigenvalue weighted by Crippen LogP contribution is 2.39. The number of hydrogen-bond donors (Lipinski definition) is 0. The third-order valence-electron chi connectivity index (χ3n) is 4.92. The summed E-state index contributed by atoms with van der Waals surface area (Å²) in [6, 6.07) is 6.89. The summed E-state index contributed by atoms with van der Waals surface area (Å²) in [4.78, 5) is 11.8. The van der Waals surface area contributed by atoms with Gasteiger partial charge in [0.1, 0.15) is 23.5 Å². The molecule has 5 nitrogen and oxygen atoms in total. The Balaban J connectivity index is 1.48. The van der Waals surface area contributed by atoms with Crippen molar-refractivity contribution in [2.75, 3.05) is 6.61 Å². The summed E-state index contributed by atoms with van der Waals surface area (Å²) in [7, 11) is 0. The monoisotopic (exact) mass is 354 g/mol. The molecule has 0 radical (unpaired) electrons. The third kappa shape index (κ3) is 3.40. The summed E-state index contributed by atoms with van der Waals surface area (Å²) >= 11 is 0. The molecule has 0 saturated carbocycles. The van der Waals surface area contributed by atoms with Gasteiger partial charge in [0.25, 0.3) is 0 Å². The van der Waals surface area contributed by atoms with E-state index in [1.165, 1.54) is 11.6 Å². The molecular weight excluding hydrogens is 332 g/mol. The summed E-state index contributed by atoms with van der Waals surface area (Å²) in [5.41, 5.74) is 1.99. The minimum atomic E-state index is -0.438. The minimum absolute atomic E-state index is 0.0339. The van der Waals surface area contributed by atoms with Gasteiger partial charge in [0.2, 0.25) is 0 Å². The molecule has 136 valence electrons. The number of hydrogen-bond acceptors (Lipinski definition) is 5. The van der Waals surface area contributed by atoms with Crippen molar-refractivity contribution in [3.05, 3.63) is 52.6 Å². The van der Waals surface area contributed by atoms with Crippen molar-refractivity contribution in [2.45, 2.75) is 45.3 Å². The third-order valence-corrected chi connectivity index (χ3v) is 4.92. The molecule has 1 aliphatic rings. The molecule has 0 spiro atoms. The maximum Gasteiger partial charge on any atom is 0.339 e. The van der Waals surface area contributed by atoms with Gasteiger partial charge in [-0.1, -0.05) is 5.57 Å². The van der Waals surface area contributed by atoms with Gasteiger partial charge in [-0.05, 0) is 51.8 Å². The molecule has 0 amide bonds. The molecule has 1 fully saturated rings. The fourth-order valence-corrected chi connectivity index (χ4v) is 3.18. The highest BCUT2D eigenvalue weighted by atomic mass is 16.6. The second kappa shape index (κ2) is 6.32. The van der Waals surface area contributed by atoms with Crippen LogP contribution in [-0.2, 0) is 4.74 Å². The van der Waals surface area contributed by atoms with Crippen molar-refractivity contribution < 1.29 is 18.3 Å². The number of epoxide rings is 1. The Labute approximate surface area is 151 Å². The van der Waals surface area contributed by atoms with E-state index in [0.29, 0.717) is 29.6 Å². The molecule has 1 aromatic carbocycles. The number of benzene rings is 1. The Hall–Kier alpha value is -2.53. The molecule has 2 aromatic heterocycles. The van der Waals surface area contributed by atoms with Crippen molar-refractivity contribution >= 4 is 21.9 Å². The molecule has 1 atom stereocenters. The van der Waals surface area contributed by atoms with Crippen LogP contribution in [0.15, 0.2) is 55.8 Å². The van der Waals surface area contributed by atoms with Crippen molar-refractivity contribution in [1.29, 1.82) is 0 Å². The average molecular weight is 354 g/mol. The summed E-state index contributed by atoms with van der Waals surface area (Å²) < 4.78 is 22.1. The van der Waals surface area contributed by atoms with Crippen LogP contribution in [0.5, 0.6) is 5.75 Å². The molecule has 1 unspecified atom stereocenters. The van der Waals surface area contributed by atoms with E-state index >= 15 is 0 Å². The molecule has 26 heavy (non-hydrogen) atoms. The summed E-state index contributed by atoms with van der Waals surface area (Å²) in [6.45, 7) is 6.72. The van der Waals surface area contributed by atoms with Gasteiger partial charge in [-0.25, -0.2) is 4.79 Å². The smallest absolute Gasteiger partial charge is 0.339 e. The van der Waals surface area contributed by atoms with Crippen LogP contribution in [0.2, 0.25) is 0 Å². The second-order valence-corrected chi connectivity index (χ2v) is 7.35. The summed E-state index contributed by atoms with van der Waals surface area (Å²) in [5, 5.41) is 1.70.